The summed E-state index contributed by atoms with van der Waals surface area (Å²) in [5, 5.41) is 22.3. The highest BCUT2D eigenvalue weighted by molar-refractivity contribution is 5.73. The minimum atomic E-state index is -0.584. The van der Waals surface area contributed by atoms with Crippen LogP contribution in [0.25, 0.3) is 0 Å². The molecule has 0 aliphatic rings. The molecule has 1 aromatic carbocycles. The van der Waals surface area contributed by atoms with Crippen LogP contribution in [-0.2, 0) is 0 Å². The van der Waals surface area contributed by atoms with Crippen LogP contribution in [0.1, 0.15) is 0 Å². The van der Waals surface area contributed by atoms with Crippen LogP contribution in [0.5, 0.6) is 0 Å². The molecule has 0 saturated heterocycles. The maximum atomic E-state index is 11.0. The van der Waals surface area contributed by atoms with Crippen molar-refractivity contribution >= 4 is 11.4 Å². The zero-order valence-corrected chi connectivity index (χ0v) is 7.54. The van der Waals surface area contributed by atoms with Gasteiger partial charge in [0.2, 0.25) is 0 Å². The minimum Gasteiger partial charge on any atom is -0.395 e. The number of aliphatic hydroxyl groups is 2. The summed E-state index contributed by atoms with van der Waals surface area (Å²) < 4.78 is 0. The summed E-state index contributed by atoms with van der Waals surface area (Å²) in [6, 6.07) is 0. The molecule has 0 spiro atoms. The normalized spacial score (nSPS) is 10.4. The van der Waals surface area contributed by atoms with Gasteiger partial charge in [0.05, 0.1) is 13.2 Å². The Bertz CT molecular complexity index is 331. The van der Waals surface area contributed by atoms with E-state index < -0.39 is 10.9 Å². The van der Waals surface area contributed by atoms with Crippen molar-refractivity contribution in [3.8, 4) is 0 Å². The zero-order valence-electron chi connectivity index (χ0n) is 7.54. The van der Waals surface area contributed by atoms with Crippen LogP contribution in [0, 0.1) is 0 Å². The molecule has 1 aromatic rings. The van der Waals surface area contributed by atoms with E-state index in [2.05, 4.69) is 10.6 Å². The van der Waals surface area contributed by atoms with Crippen molar-refractivity contribution in [1.29, 1.82) is 0 Å². The molecule has 0 bridgehead atoms. The van der Waals surface area contributed by atoms with E-state index in [1.807, 2.05) is 0 Å². The van der Waals surface area contributed by atoms with Gasteiger partial charge in [0.25, 0.3) is 10.9 Å². The van der Waals surface area contributed by atoms with E-state index in [0.29, 0.717) is 0 Å². The van der Waals surface area contributed by atoms with Crippen molar-refractivity contribution in [2.24, 2.45) is 0 Å². The fourth-order valence-electron chi connectivity index (χ4n) is 1.09. The highest BCUT2D eigenvalue weighted by Crippen LogP contribution is 2.12. The van der Waals surface area contributed by atoms with Gasteiger partial charge < -0.3 is 20.8 Å². The molecule has 1 rings (SSSR count). The number of nitrogens with one attached hydrogen (secondary N) is 2. The average Bonchev–Trinajstić information content (AvgIpc) is 2.21. The van der Waals surface area contributed by atoms with Gasteiger partial charge in [0.15, 0.2) is 0 Å². The lowest BCUT2D eigenvalue weighted by Gasteiger charge is -2.13. The quantitative estimate of drug-likeness (QED) is 0.400. The van der Waals surface area contributed by atoms with Crippen molar-refractivity contribution in [2.75, 3.05) is 36.9 Å². The van der Waals surface area contributed by atoms with E-state index in [1.54, 1.807) is 0 Å². The SMILES string of the molecule is O=c1c(NCCO)c(NCCO)c1=O. The van der Waals surface area contributed by atoms with E-state index in [4.69, 9.17) is 10.2 Å². The number of hydrogen-bond acceptors (Lipinski definition) is 6. The lowest BCUT2D eigenvalue weighted by atomic mass is 10.2. The molecule has 0 heterocycles. The van der Waals surface area contributed by atoms with Crippen LogP contribution < -0.4 is 21.5 Å². The van der Waals surface area contributed by atoms with E-state index in [9.17, 15) is 9.59 Å². The van der Waals surface area contributed by atoms with Crippen LogP contribution >= 0.6 is 0 Å². The molecule has 0 radical (unpaired) electrons. The number of aliphatic hydroxyl groups excluding tert-OH is 2. The Morgan fingerprint density at radius 2 is 1.21 bits per heavy atom. The molecule has 6 heteroatoms. The van der Waals surface area contributed by atoms with Crippen LogP contribution in [0.15, 0.2) is 9.59 Å². The maximum Gasteiger partial charge on any atom is 0.253 e. The summed E-state index contributed by atoms with van der Waals surface area (Å²) in [4.78, 5) is 22.0. The second-order valence-electron chi connectivity index (χ2n) is 2.71. The fourth-order valence-corrected chi connectivity index (χ4v) is 1.09. The molecule has 0 aliphatic heterocycles. The zero-order chi connectivity index (χ0) is 10.6. The Morgan fingerprint density at radius 1 is 0.857 bits per heavy atom. The lowest BCUT2D eigenvalue weighted by Crippen LogP contribution is -2.38. The van der Waals surface area contributed by atoms with Gasteiger partial charge in [-0.25, -0.2) is 0 Å². The number of hydrogen-bond donors (Lipinski definition) is 4. The molecule has 0 fully saturated rings. The lowest BCUT2D eigenvalue weighted by molar-refractivity contribution is 0.310. The predicted octanol–water partition coefficient (Wildman–Crippen LogP) is -1.91. The Balaban J connectivity index is 2.68. The van der Waals surface area contributed by atoms with E-state index in [-0.39, 0.29) is 37.7 Å². The van der Waals surface area contributed by atoms with Crippen LogP contribution in [0.4, 0.5) is 11.4 Å². The highest BCUT2D eigenvalue weighted by atomic mass is 16.3. The highest BCUT2D eigenvalue weighted by Gasteiger charge is 2.19. The molecule has 0 atom stereocenters. The van der Waals surface area contributed by atoms with Gasteiger partial charge in [0, 0.05) is 13.1 Å². The monoisotopic (exact) mass is 200 g/mol. The van der Waals surface area contributed by atoms with Crippen LogP contribution in [0.2, 0.25) is 0 Å². The Kier molecular flexibility index (Phi) is 3.61. The third-order valence-corrected chi connectivity index (χ3v) is 1.74. The van der Waals surface area contributed by atoms with Crippen molar-refractivity contribution in [3.05, 3.63) is 20.4 Å². The molecule has 14 heavy (non-hydrogen) atoms. The fraction of sp³-hybridized carbons (Fsp3) is 0.500. The van der Waals surface area contributed by atoms with Gasteiger partial charge in [-0.05, 0) is 0 Å². The Hall–Kier alpha value is -1.40. The van der Waals surface area contributed by atoms with Crippen molar-refractivity contribution in [1.82, 2.24) is 0 Å². The third-order valence-electron chi connectivity index (χ3n) is 1.74. The van der Waals surface area contributed by atoms with E-state index >= 15 is 0 Å². The number of anilines is 2. The summed E-state index contributed by atoms with van der Waals surface area (Å²) in [6.45, 7) is 0.216. The predicted molar refractivity (Wildman–Crippen MR) is 52.5 cm³/mol. The molecule has 0 amide bonds. The summed E-state index contributed by atoms with van der Waals surface area (Å²) in [5.41, 5.74) is -0.784. The van der Waals surface area contributed by atoms with Gasteiger partial charge in [-0.2, -0.15) is 0 Å². The molecule has 0 unspecified atom stereocenters. The molecular weight excluding hydrogens is 188 g/mol. The van der Waals surface area contributed by atoms with Crippen molar-refractivity contribution in [3.63, 3.8) is 0 Å². The van der Waals surface area contributed by atoms with Gasteiger partial charge >= 0.3 is 0 Å². The van der Waals surface area contributed by atoms with Crippen molar-refractivity contribution in [2.45, 2.75) is 0 Å². The van der Waals surface area contributed by atoms with Gasteiger partial charge in [-0.3, -0.25) is 9.59 Å². The summed E-state index contributed by atoms with van der Waals surface area (Å²) >= 11 is 0. The standard InChI is InChI=1S/C8H12N2O4/c11-3-1-9-5-6(10-2-4-12)8(14)7(5)13/h9-12H,1-4H2. The molecule has 6 nitrogen and oxygen atoms in total. The smallest absolute Gasteiger partial charge is 0.253 e. The van der Waals surface area contributed by atoms with Crippen LogP contribution in [0.3, 0.4) is 0 Å². The topological polar surface area (TPSA) is 98.7 Å². The van der Waals surface area contributed by atoms with Gasteiger partial charge in [-0.1, -0.05) is 0 Å². The number of rotatable bonds is 6. The largest absolute Gasteiger partial charge is 0.395 e. The second-order valence-corrected chi connectivity index (χ2v) is 2.71. The van der Waals surface area contributed by atoms with Gasteiger partial charge in [0.1, 0.15) is 11.4 Å². The Labute approximate surface area is 79.9 Å². The molecular formula is C8H12N2O4. The first-order valence-electron chi connectivity index (χ1n) is 4.25. The van der Waals surface area contributed by atoms with E-state index in [0.717, 1.165) is 0 Å². The molecule has 78 valence electrons. The van der Waals surface area contributed by atoms with Gasteiger partial charge in [-0.15, -0.1) is 0 Å². The molecule has 4 N–H and O–H groups in total. The Morgan fingerprint density at radius 3 is 1.50 bits per heavy atom. The summed E-state index contributed by atoms with van der Waals surface area (Å²) in [6.07, 6.45) is 0. The third kappa shape index (κ3) is 1.91. The summed E-state index contributed by atoms with van der Waals surface area (Å²) in [7, 11) is 0. The summed E-state index contributed by atoms with van der Waals surface area (Å²) in [5.74, 6) is 0. The first-order chi connectivity index (χ1) is 6.72. The van der Waals surface area contributed by atoms with Crippen LogP contribution in [-0.4, -0.2) is 36.5 Å². The molecule has 0 aliphatic carbocycles. The average molecular weight is 200 g/mol. The molecule has 0 saturated carbocycles. The minimum absolute atomic E-state index is 0.113. The maximum absolute atomic E-state index is 11.0. The van der Waals surface area contributed by atoms with Crippen molar-refractivity contribution < 1.29 is 10.2 Å². The second kappa shape index (κ2) is 4.73. The van der Waals surface area contributed by atoms with E-state index in [1.165, 1.54) is 0 Å². The first kappa shape index (κ1) is 10.7. The molecule has 0 aromatic heterocycles. The first-order valence-corrected chi connectivity index (χ1v) is 4.25.